The van der Waals surface area contributed by atoms with E-state index in [1.54, 1.807) is 14.2 Å². The molecule has 0 bridgehead atoms. The third-order valence-electron chi connectivity index (χ3n) is 3.93. The van der Waals surface area contributed by atoms with Crippen LogP contribution in [0.25, 0.3) is 0 Å². The molecule has 0 aromatic heterocycles. The fraction of sp³-hybridized carbons (Fsp3) is 0.529. The fourth-order valence-corrected chi connectivity index (χ4v) is 2.95. The molecule has 1 aromatic rings. The van der Waals surface area contributed by atoms with Gasteiger partial charge in [0.2, 0.25) is 0 Å². The van der Waals surface area contributed by atoms with Gasteiger partial charge in [-0.1, -0.05) is 11.6 Å². The number of halogens is 2. The van der Waals surface area contributed by atoms with Crippen molar-refractivity contribution < 1.29 is 9.47 Å². The van der Waals surface area contributed by atoms with Gasteiger partial charge in [0.05, 0.1) is 19.8 Å². The lowest BCUT2D eigenvalue weighted by Crippen LogP contribution is -2.45. The van der Waals surface area contributed by atoms with Gasteiger partial charge < -0.3 is 14.8 Å². The first-order chi connectivity index (χ1) is 10.2. The SMILES string of the molecule is C=C(C)C[C@@H](c1c(OC)cccc1OC)N1CCNCC1.Cl.Cl. The monoisotopic (exact) mass is 362 g/mol. The molecule has 4 nitrogen and oxygen atoms in total. The molecular weight excluding hydrogens is 335 g/mol. The number of hydrogen-bond donors (Lipinski definition) is 1. The Kier molecular flexibility index (Phi) is 10.3. The summed E-state index contributed by atoms with van der Waals surface area (Å²) in [7, 11) is 3.43. The summed E-state index contributed by atoms with van der Waals surface area (Å²) in [5.74, 6) is 1.78. The molecule has 0 saturated carbocycles. The van der Waals surface area contributed by atoms with E-state index in [0.717, 1.165) is 49.7 Å². The smallest absolute Gasteiger partial charge is 0.127 e. The summed E-state index contributed by atoms with van der Waals surface area (Å²) in [6, 6.07) is 6.23. The van der Waals surface area contributed by atoms with E-state index in [1.807, 2.05) is 18.2 Å². The molecule has 1 aliphatic rings. The van der Waals surface area contributed by atoms with Crippen molar-refractivity contribution in [3.05, 3.63) is 35.9 Å². The average molecular weight is 363 g/mol. The van der Waals surface area contributed by atoms with Gasteiger partial charge in [-0.25, -0.2) is 0 Å². The number of nitrogens with zero attached hydrogens (tertiary/aromatic N) is 1. The summed E-state index contributed by atoms with van der Waals surface area (Å²) in [6.07, 6.45) is 0.913. The largest absolute Gasteiger partial charge is 0.496 e. The van der Waals surface area contributed by atoms with Gasteiger partial charge in [0.1, 0.15) is 11.5 Å². The highest BCUT2D eigenvalue weighted by Crippen LogP contribution is 2.40. The summed E-state index contributed by atoms with van der Waals surface area (Å²) in [5, 5.41) is 3.40. The maximum atomic E-state index is 5.59. The lowest BCUT2D eigenvalue weighted by atomic mass is 9.96. The Hall–Kier alpha value is -0.940. The first kappa shape index (κ1) is 22.1. The molecule has 0 spiro atoms. The molecule has 1 aromatic carbocycles. The van der Waals surface area contributed by atoms with Gasteiger partial charge in [-0.15, -0.1) is 31.4 Å². The quantitative estimate of drug-likeness (QED) is 0.785. The molecule has 2 rings (SSSR count). The summed E-state index contributed by atoms with van der Waals surface area (Å²) < 4.78 is 11.2. The Bertz CT molecular complexity index is 469. The topological polar surface area (TPSA) is 33.7 Å². The Morgan fingerprint density at radius 2 is 1.70 bits per heavy atom. The van der Waals surface area contributed by atoms with E-state index < -0.39 is 0 Å². The van der Waals surface area contributed by atoms with E-state index in [2.05, 4.69) is 23.7 Å². The third-order valence-corrected chi connectivity index (χ3v) is 3.93. The van der Waals surface area contributed by atoms with Gasteiger partial charge in [-0.2, -0.15) is 0 Å². The van der Waals surface area contributed by atoms with Crippen LogP contribution in [0.2, 0.25) is 0 Å². The first-order valence-electron chi connectivity index (χ1n) is 7.47. The average Bonchev–Trinajstić information content (AvgIpc) is 2.52. The van der Waals surface area contributed by atoms with Crippen LogP contribution in [-0.2, 0) is 0 Å². The van der Waals surface area contributed by atoms with Crippen molar-refractivity contribution >= 4 is 24.8 Å². The van der Waals surface area contributed by atoms with Crippen LogP contribution in [0.15, 0.2) is 30.4 Å². The highest BCUT2D eigenvalue weighted by atomic mass is 35.5. The molecule has 132 valence electrons. The second-order valence-electron chi connectivity index (χ2n) is 5.54. The predicted molar refractivity (Wildman–Crippen MR) is 101 cm³/mol. The molecule has 0 amide bonds. The van der Waals surface area contributed by atoms with Gasteiger partial charge in [0.15, 0.2) is 0 Å². The van der Waals surface area contributed by atoms with Gasteiger partial charge in [0, 0.05) is 32.2 Å². The zero-order valence-corrected chi connectivity index (χ0v) is 15.8. The minimum Gasteiger partial charge on any atom is -0.496 e. The van der Waals surface area contributed by atoms with Gasteiger partial charge >= 0.3 is 0 Å². The fourth-order valence-electron chi connectivity index (χ4n) is 2.95. The van der Waals surface area contributed by atoms with Crippen molar-refractivity contribution in [2.75, 3.05) is 40.4 Å². The summed E-state index contributed by atoms with van der Waals surface area (Å²) in [6.45, 7) is 10.3. The summed E-state index contributed by atoms with van der Waals surface area (Å²) >= 11 is 0. The standard InChI is InChI=1S/C17H26N2O2.2ClH/c1-13(2)12-14(19-10-8-18-9-11-19)17-15(20-3)6-5-7-16(17)21-4;;/h5-7,14,18H,1,8-12H2,2-4H3;2*1H/t14-;;/m0../s1. The zero-order chi connectivity index (χ0) is 15.2. The van der Waals surface area contributed by atoms with E-state index >= 15 is 0 Å². The Balaban J connectivity index is 0.00000242. The van der Waals surface area contributed by atoms with Crippen LogP contribution in [0.5, 0.6) is 11.5 Å². The number of piperazine rings is 1. The minimum atomic E-state index is 0. The molecule has 0 aliphatic carbocycles. The van der Waals surface area contributed by atoms with Crippen LogP contribution in [0.4, 0.5) is 0 Å². The van der Waals surface area contributed by atoms with Crippen molar-refractivity contribution in [3.63, 3.8) is 0 Å². The lowest BCUT2D eigenvalue weighted by molar-refractivity contribution is 0.166. The van der Waals surface area contributed by atoms with Crippen LogP contribution in [0.3, 0.4) is 0 Å². The van der Waals surface area contributed by atoms with Crippen LogP contribution >= 0.6 is 24.8 Å². The second kappa shape index (κ2) is 10.8. The predicted octanol–water partition coefficient (Wildman–Crippen LogP) is 3.46. The lowest BCUT2D eigenvalue weighted by Gasteiger charge is -2.36. The van der Waals surface area contributed by atoms with Crippen molar-refractivity contribution in [2.45, 2.75) is 19.4 Å². The van der Waals surface area contributed by atoms with Crippen LogP contribution < -0.4 is 14.8 Å². The summed E-state index contributed by atoms with van der Waals surface area (Å²) in [4.78, 5) is 2.49. The molecule has 0 unspecified atom stereocenters. The zero-order valence-electron chi connectivity index (χ0n) is 14.1. The molecule has 1 aliphatic heterocycles. The molecule has 1 atom stereocenters. The number of nitrogens with one attached hydrogen (secondary N) is 1. The number of methoxy groups -OCH3 is 2. The van der Waals surface area contributed by atoms with Crippen molar-refractivity contribution in [3.8, 4) is 11.5 Å². The normalized spacial score (nSPS) is 15.8. The van der Waals surface area contributed by atoms with E-state index in [9.17, 15) is 0 Å². The molecule has 23 heavy (non-hydrogen) atoms. The molecule has 1 N–H and O–H groups in total. The molecule has 1 fully saturated rings. The first-order valence-corrected chi connectivity index (χ1v) is 7.47. The maximum Gasteiger partial charge on any atom is 0.127 e. The molecule has 0 radical (unpaired) electrons. The van der Waals surface area contributed by atoms with Crippen LogP contribution in [-0.4, -0.2) is 45.3 Å². The number of rotatable bonds is 6. The Labute approximate surface area is 152 Å². The van der Waals surface area contributed by atoms with E-state index in [-0.39, 0.29) is 30.9 Å². The van der Waals surface area contributed by atoms with Crippen LogP contribution in [0.1, 0.15) is 24.9 Å². The van der Waals surface area contributed by atoms with Crippen LogP contribution in [0, 0.1) is 0 Å². The number of ether oxygens (including phenoxy) is 2. The number of hydrogen-bond acceptors (Lipinski definition) is 4. The van der Waals surface area contributed by atoms with E-state index in [0.29, 0.717) is 0 Å². The van der Waals surface area contributed by atoms with Crippen molar-refractivity contribution in [2.24, 2.45) is 0 Å². The second-order valence-corrected chi connectivity index (χ2v) is 5.54. The molecule has 1 heterocycles. The maximum absolute atomic E-state index is 5.59. The number of benzene rings is 1. The van der Waals surface area contributed by atoms with Crippen molar-refractivity contribution in [1.82, 2.24) is 10.2 Å². The van der Waals surface area contributed by atoms with Gasteiger partial charge in [0.25, 0.3) is 0 Å². The highest BCUT2D eigenvalue weighted by molar-refractivity contribution is 5.85. The highest BCUT2D eigenvalue weighted by Gasteiger charge is 2.27. The Morgan fingerprint density at radius 1 is 1.17 bits per heavy atom. The molecular formula is C17H28Cl2N2O2. The minimum absolute atomic E-state index is 0. The molecule has 1 saturated heterocycles. The van der Waals surface area contributed by atoms with E-state index in [1.165, 1.54) is 5.57 Å². The molecule has 6 heteroatoms. The van der Waals surface area contributed by atoms with Gasteiger partial charge in [-0.3, -0.25) is 4.90 Å². The van der Waals surface area contributed by atoms with Gasteiger partial charge in [-0.05, 0) is 25.5 Å². The Morgan fingerprint density at radius 3 is 2.13 bits per heavy atom. The van der Waals surface area contributed by atoms with Crippen molar-refractivity contribution in [1.29, 1.82) is 0 Å². The third kappa shape index (κ3) is 5.57. The summed E-state index contributed by atoms with van der Waals surface area (Å²) in [5.41, 5.74) is 2.30. The van der Waals surface area contributed by atoms with E-state index in [4.69, 9.17) is 9.47 Å².